The number of ether oxygens (including phenoxy) is 1. The van der Waals surface area contributed by atoms with Crippen molar-refractivity contribution in [2.75, 3.05) is 12.8 Å². The van der Waals surface area contributed by atoms with Crippen LogP contribution in [0.3, 0.4) is 0 Å². The average molecular weight is 312 g/mol. The van der Waals surface area contributed by atoms with Crippen LogP contribution in [-0.2, 0) is 0 Å². The van der Waals surface area contributed by atoms with Gasteiger partial charge in [-0.25, -0.2) is 0 Å². The van der Waals surface area contributed by atoms with Crippen molar-refractivity contribution in [2.45, 2.75) is 0 Å². The van der Waals surface area contributed by atoms with Crippen LogP contribution < -0.4 is 10.5 Å². The van der Waals surface area contributed by atoms with E-state index in [1.807, 2.05) is 0 Å². The number of methoxy groups -OCH3 is 1. The van der Waals surface area contributed by atoms with E-state index in [0.717, 1.165) is 5.56 Å². The first kappa shape index (κ1) is 14.4. The molecule has 0 spiro atoms. The molecule has 23 heavy (non-hydrogen) atoms. The van der Waals surface area contributed by atoms with Crippen LogP contribution in [-0.4, -0.2) is 32.2 Å². The highest BCUT2D eigenvalue weighted by Crippen LogP contribution is 2.30. The highest BCUT2D eigenvalue weighted by atomic mass is 16.6. The molecule has 0 amide bonds. The minimum Gasteiger partial charge on any atom is -0.494 e. The number of hydrogen-bond acceptors (Lipinski definition) is 7. The Labute approximate surface area is 130 Å². The zero-order chi connectivity index (χ0) is 16.4. The normalized spacial score (nSPS) is 10.5. The number of nitro groups is 1. The van der Waals surface area contributed by atoms with E-state index in [9.17, 15) is 10.1 Å². The summed E-state index contributed by atoms with van der Waals surface area (Å²) in [5, 5.41) is 22.6. The first-order valence-corrected chi connectivity index (χ1v) is 6.57. The maximum atomic E-state index is 11.0. The predicted octanol–water partition coefficient (Wildman–Crippen LogP) is 1.83. The zero-order valence-corrected chi connectivity index (χ0v) is 12.1. The van der Waals surface area contributed by atoms with Crippen LogP contribution in [0.1, 0.15) is 0 Å². The summed E-state index contributed by atoms with van der Waals surface area (Å²) in [6, 6.07) is 11.2. The largest absolute Gasteiger partial charge is 0.494 e. The summed E-state index contributed by atoms with van der Waals surface area (Å²) >= 11 is 0. The first-order valence-electron chi connectivity index (χ1n) is 6.57. The zero-order valence-electron chi connectivity index (χ0n) is 12.1. The lowest BCUT2D eigenvalue weighted by Gasteiger charge is -2.09. The average Bonchev–Trinajstić information content (AvgIpc) is 3.04. The monoisotopic (exact) mass is 312 g/mol. The molecule has 3 rings (SSSR count). The van der Waals surface area contributed by atoms with Crippen molar-refractivity contribution >= 4 is 11.4 Å². The van der Waals surface area contributed by atoms with Gasteiger partial charge in [-0.3, -0.25) is 10.1 Å². The minimum atomic E-state index is -0.490. The Kier molecular flexibility index (Phi) is 3.59. The highest BCUT2D eigenvalue weighted by molar-refractivity contribution is 5.63. The quantitative estimate of drug-likeness (QED) is 0.443. The summed E-state index contributed by atoms with van der Waals surface area (Å²) < 4.78 is 6.64. The van der Waals surface area contributed by atoms with E-state index in [1.54, 1.807) is 24.3 Å². The maximum Gasteiger partial charge on any atom is 0.271 e. The van der Waals surface area contributed by atoms with E-state index in [0.29, 0.717) is 22.9 Å². The Morgan fingerprint density at radius 1 is 1.22 bits per heavy atom. The lowest BCUT2D eigenvalue weighted by molar-refractivity contribution is -0.384. The van der Waals surface area contributed by atoms with Crippen LogP contribution in [0, 0.1) is 10.1 Å². The van der Waals surface area contributed by atoms with Gasteiger partial charge < -0.3 is 10.5 Å². The summed E-state index contributed by atoms with van der Waals surface area (Å²) in [7, 11) is 1.47. The number of nitrogens with zero attached hydrogens (tertiary/aromatic N) is 5. The molecule has 1 heterocycles. The Hall–Kier alpha value is -3.49. The van der Waals surface area contributed by atoms with Gasteiger partial charge in [-0.15, -0.1) is 5.10 Å². The fourth-order valence-electron chi connectivity index (χ4n) is 2.12. The molecule has 2 N–H and O–H groups in total. The third-order valence-electron chi connectivity index (χ3n) is 3.24. The fraction of sp³-hybridized carbons (Fsp3) is 0.0714. The molecule has 0 fully saturated rings. The standard InChI is InChI=1S/C14H12N6O3/c1-23-13-7-6-11(20(21)22)8-12(13)19-14(16-17-18-19)9-2-4-10(15)5-3-9/h2-8H,15H2,1H3. The Morgan fingerprint density at radius 3 is 2.61 bits per heavy atom. The maximum absolute atomic E-state index is 11.0. The van der Waals surface area contributed by atoms with Gasteiger partial charge in [0, 0.05) is 23.4 Å². The molecular weight excluding hydrogens is 300 g/mol. The molecule has 0 atom stereocenters. The molecular formula is C14H12N6O3. The van der Waals surface area contributed by atoms with Gasteiger partial charge >= 0.3 is 0 Å². The molecule has 0 aliphatic rings. The van der Waals surface area contributed by atoms with Gasteiger partial charge in [-0.2, -0.15) is 4.68 Å². The number of nitrogen functional groups attached to an aromatic ring is 1. The molecule has 0 saturated heterocycles. The van der Waals surface area contributed by atoms with E-state index < -0.39 is 4.92 Å². The van der Waals surface area contributed by atoms with Crippen LogP contribution >= 0.6 is 0 Å². The molecule has 9 heteroatoms. The second-order valence-corrected chi connectivity index (χ2v) is 4.65. The summed E-state index contributed by atoms with van der Waals surface area (Å²) in [4.78, 5) is 10.5. The molecule has 0 bridgehead atoms. The van der Waals surface area contributed by atoms with E-state index in [-0.39, 0.29) is 5.69 Å². The van der Waals surface area contributed by atoms with Crippen molar-refractivity contribution in [3.05, 3.63) is 52.6 Å². The smallest absolute Gasteiger partial charge is 0.271 e. The predicted molar refractivity (Wildman–Crippen MR) is 82.2 cm³/mol. The van der Waals surface area contributed by atoms with Gasteiger partial charge in [0.05, 0.1) is 12.0 Å². The molecule has 0 saturated carbocycles. The Balaban J connectivity index is 2.16. The van der Waals surface area contributed by atoms with Gasteiger partial charge in [-0.1, -0.05) is 0 Å². The second kappa shape index (κ2) is 5.72. The van der Waals surface area contributed by atoms with E-state index in [4.69, 9.17) is 10.5 Å². The number of tetrazole rings is 1. The Bertz CT molecular complexity index is 859. The van der Waals surface area contributed by atoms with Crippen LogP contribution in [0.15, 0.2) is 42.5 Å². The molecule has 0 radical (unpaired) electrons. The molecule has 0 aliphatic heterocycles. The van der Waals surface area contributed by atoms with Gasteiger partial charge in [0.2, 0.25) is 0 Å². The number of aromatic nitrogens is 4. The van der Waals surface area contributed by atoms with Gasteiger partial charge in [0.1, 0.15) is 11.4 Å². The fourth-order valence-corrected chi connectivity index (χ4v) is 2.12. The van der Waals surface area contributed by atoms with Crippen molar-refractivity contribution in [1.82, 2.24) is 20.2 Å². The summed E-state index contributed by atoms with van der Waals surface area (Å²) in [6.07, 6.45) is 0. The molecule has 0 aliphatic carbocycles. The van der Waals surface area contributed by atoms with Crippen molar-refractivity contribution in [3.63, 3.8) is 0 Å². The van der Waals surface area contributed by atoms with E-state index >= 15 is 0 Å². The Morgan fingerprint density at radius 2 is 1.96 bits per heavy atom. The van der Waals surface area contributed by atoms with Crippen molar-refractivity contribution in [1.29, 1.82) is 0 Å². The van der Waals surface area contributed by atoms with E-state index in [1.165, 1.54) is 30.0 Å². The summed E-state index contributed by atoms with van der Waals surface area (Å²) in [5.74, 6) is 0.836. The number of non-ortho nitro benzene ring substituents is 1. The lowest BCUT2D eigenvalue weighted by atomic mass is 10.2. The van der Waals surface area contributed by atoms with Crippen LogP contribution in [0.4, 0.5) is 11.4 Å². The number of nitrogens with two attached hydrogens (primary N) is 1. The summed E-state index contributed by atoms with van der Waals surface area (Å²) in [5.41, 5.74) is 7.30. The molecule has 116 valence electrons. The number of rotatable bonds is 4. The van der Waals surface area contributed by atoms with Crippen LogP contribution in [0.5, 0.6) is 5.75 Å². The molecule has 3 aromatic rings. The van der Waals surface area contributed by atoms with Crippen molar-refractivity contribution in [3.8, 4) is 22.8 Å². The molecule has 1 aromatic heterocycles. The molecule has 2 aromatic carbocycles. The molecule has 9 nitrogen and oxygen atoms in total. The van der Waals surface area contributed by atoms with Gasteiger partial charge in [0.15, 0.2) is 5.82 Å². The number of hydrogen-bond donors (Lipinski definition) is 1. The number of nitro benzene ring substituents is 1. The third-order valence-corrected chi connectivity index (χ3v) is 3.24. The SMILES string of the molecule is COc1ccc([N+](=O)[O-])cc1-n1nnnc1-c1ccc(N)cc1. The van der Waals surface area contributed by atoms with Crippen molar-refractivity contribution < 1.29 is 9.66 Å². The summed E-state index contributed by atoms with van der Waals surface area (Å²) in [6.45, 7) is 0. The highest BCUT2D eigenvalue weighted by Gasteiger charge is 2.18. The second-order valence-electron chi connectivity index (χ2n) is 4.65. The lowest BCUT2D eigenvalue weighted by Crippen LogP contribution is -2.03. The van der Waals surface area contributed by atoms with E-state index in [2.05, 4.69) is 15.5 Å². The van der Waals surface area contributed by atoms with Gasteiger partial charge in [-0.05, 0) is 40.8 Å². The van der Waals surface area contributed by atoms with Gasteiger partial charge in [0.25, 0.3) is 5.69 Å². The topological polar surface area (TPSA) is 122 Å². The molecule has 0 unspecified atom stereocenters. The van der Waals surface area contributed by atoms with Crippen LogP contribution in [0.25, 0.3) is 17.1 Å². The van der Waals surface area contributed by atoms with Crippen molar-refractivity contribution in [2.24, 2.45) is 0 Å². The minimum absolute atomic E-state index is 0.0837. The third kappa shape index (κ3) is 2.67. The number of benzene rings is 2. The van der Waals surface area contributed by atoms with Crippen LogP contribution in [0.2, 0.25) is 0 Å². The number of anilines is 1. The first-order chi connectivity index (χ1) is 11.1.